The van der Waals surface area contributed by atoms with E-state index < -0.39 is 11.8 Å². The Hall–Kier alpha value is -2.28. The molecule has 0 aliphatic carbocycles. The number of fused-ring (bicyclic) bond motifs is 1. The summed E-state index contributed by atoms with van der Waals surface area (Å²) < 4.78 is 10.5. The lowest BCUT2D eigenvalue weighted by Crippen LogP contribution is -3.14. The number of likely N-dealkylation sites (N-methyl/N-ethyl adjacent to an activating group) is 1. The molecule has 7 nitrogen and oxygen atoms in total. The maximum absolute atomic E-state index is 11.9. The highest BCUT2D eigenvalue weighted by Crippen LogP contribution is 2.32. The lowest BCUT2D eigenvalue weighted by atomic mass is 10.2. The standard InChI is InChI=1S/C17H23N3O4/c1-2-20-7-3-4-13(20)10-19-17(22)16(21)18-9-12-5-6-14-15(8-12)24-11-23-14/h5-6,8,13H,2-4,7,9-11H2,1H3,(H,18,21)(H,19,22)/p+1/t13-/m0/s1. The highest BCUT2D eigenvalue weighted by molar-refractivity contribution is 6.35. The first-order valence-electron chi connectivity index (χ1n) is 8.46. The molecule has 2 amide bonds. The Morgan fingerprint density at radius 3 is 2.83 bits per heavy atom. The zero-order valence-corrected chi connectivity index (χ0v) is 13.9. The van der Waals surface area contributed by atoms with Gasteiger partial charge < -0.3 is 25.0 Å². The molecule has 1 unspecified atom stereocenters. The highest BCUT2D eigenvalue weighted by Gasteiger charge is 2.28. The van der Waals surface area contributed by atoms with Gasteiger partial charge in [-0.25, -0.2) is 0 Å². The number of nitrogens with one attached hydrogen (secondary N) is 3. The van der Waals surface area contributed by atoms with E-state index in [-0.39, 0.29) is 13.3 Å². The smallest absolute Gasteiger partial charge is 0.309 e. The topological polar surface area (TPSA) is 81.1 Å². The van der Waals surface area contributed by atoms with Gasteiger partial charge in [-0.15, -0.1) is 0 Å². The Labute approximate surface area is 141 Å². The maximum Gasteiger partial charge on any atom is 0.309 e. The number of hydrogen-bond donors (Lipinski definition) is 3. The molecule has 2 atom stereocenters. The second kappa shape index (κ2) is 7.53. The van der Waals surface area contributed by atoms with Crippen LogP contribution >= 0.6 is 0 Å². The van der Waals surface area contributed by atoms with E-state index in [0.717, 1.165) is 25.1 Å². The van der Waals surface area contributed by atoms with Crippen molar-refractivity contribution in [2.45, 2.75) is 32.4 Å². The summed E-state index contributed by atoms with van der Waals surface area (Å²) in [5.74, 6) is 0.180. The maximum atomic E-state index is 11.9. The van der Waals surface area contributed by atoms with Crippen LogP contribution in [0.15, 0.2) is 18.2 Å². The van der Waals surface area contributed by atoms with E-state index >= 15 is 0 Å². The second-order valence-corrected chi connectivity index (χ2v) is 6.18. The third-order valence-electron chi connectivity index (χ3n) is 4.69. The Morgan fingerprint density at radius 1 is 1.21 bits per heavy atom. The van der Waals surface area contributed by atoms with Gasteiger partial charge >= 0.3 is 11.8 Å². The fraction of sp³-hybridized carbons (Fsp3) is 0.529. The van der Waals surface area contributed by atoms with Gasteiger partial charge in [0.25, 0.3) is 0 Å². The minimum atomic E-state index is -0.608. The number of benzene rings is 1. The van der Waals surface area contributed by atoms with E-state index in [4.69, 9.17) is 9.47 Å². The Balaban J connectivity index is 1.43. The van der Waals surface area contributed by atoms with E-state index in [2.05, 4.69) is 17.6 Å². The number of amides is 2. The van der Waals surface area contributed by atoms with Gasteiger partial charge in [-0.2, -0.15) is 0 Å². The van der Waals surface area contributed by atoms with Crippen LogP contribution in [0.25, 0.3) is 0 Å². The molecule has 1 fully saturated rings. The van der Waals surface area contributed by atoms with Gasteiger partial charge in [-0.3, -0.25) is 9.59 Å². The molecule has 130 valence electrons. The van der Waals surface area contributed by atoms with Crippen molar-refractivity contribution in [3.8, 4) is 11.5 Å². The summed E-state index contributed by atoms with van der Waals surface area (Å²) in [4.78, 5) is 25.3. The van der Waals surface area contributed by atoms with Crippen LogP contribution in [0.4, 0.5) is 0 Å². The SMILES string of the molecule is CC[NH+]1CCC[C@H]1CNC(=O)C(=O)NCc1ccc2c(c1)OCO2. The number of rotatable bonds is 5. The number of hydrogen-bond acceptors (Lipinski definition) is 4. The molecule has 0 aromatic heterocycles. The average Bonchev–Trinajstić information content (AvgIpc) is 3.25. The summed E-state index contributed by atoms with van der Waals surface area (Å²) in [5, 5.41) is 5.39. The number of ether oxygens (including phenoxy) is 2. The molecule has 0 saturated carbocycles. The monoisotopic (exact) mass is 334 g/mol. The van der Waals surface area contributed by atoms with Crippen molar-refractivity contribution in [3.63, 3.8) is 0 Å². The largest absolute Gasteiger partial charge is 0.454 e. The summed E-state index contributed by atoms with van der Waals surface area (Å²) in [5.41, 5.74) is 0.859. The van der Waals surface area contributed by atoms with E-state index in [0.29, 0.717) is 24.1 Å². The number of carbonyl (C=O) groups excluding carboxylic acids is 2. The summed E-state index contributed by atoms with van der Waals surface area (Å²) in [6.45, 7) is 5.39. The molecular weight excluding hydrogens is 310 g/mol. The fourth-order valence-corrected chi connectivity index (χ4v) is 3.31. The summed E-state index contributed by atoms with van der Waals surface area (Å²) in [6, 6.07) is 5.86. The molecule has 0 bridgehead atoms. The van der Waals surface area contributed by atoms with Crippen molar-refractivity contribution < 1.29 is 24.0 Å². The first-order valence-corrected chi connectivity index (χ1v) is 8.46. The molecular formula is C17H24N3O4+. The molecule has 1 aromatic carbocycles. The third-order valence-corrected chi connectivity index (χ3v) is 4.69. The number of carbonyl (C=O) groups is 2. The molecule has 1 aromatic rings. The molecule has 3 rings (SSSR count). The van der Waals surface area contributed by atoms with E-state index in [1.807, 2.05) is 12.1 Å². The van der Waals surface area contributed by atoms with Gasteiger partial charge in [0, 0.05) is 19.4 Å². The molecule has 0 radical (unpaired) electrons. The van der Waals surface area contributed by atoms with Crippen LogP contribution in [0.2, 0.25) is 0 Å². The lowest BCUT2D eigenvalue weighted by molar-refractivity contribution is -0.909. The van der Waals surface area contributed by atoms with Crippen molar-refractivity contribution in [2.75, 3.05) is 26.4 Å². The molecule has 2 aliphatic heterocycles. The number of quaternary nitrogens is 1. The predicted molar refractivity (Wildman–Crippen MR) is 86.8 cm³/mol. The van der Waals surface area contributed by atoms with Crippen molar-refractivity contribution in [3.05, 3.63) is 23.8 Å². The zero-order chi connectivity index (χ0) is 16.9. The molecule has 0 spiro atoms. The van der Waals surface area contributed by atoms with Crippen molar-refractivity contribution >= 4 is 11.8 Å². The van der Waals surface area contributed by atoms with Crippen molar-refractivity contribution in [1.82, 2.24) is 10.6 Å². The van der Waals surface area contributed by atoms with Crippen LogP contribution in [-0.2, 0) is 16.1 Å². The molecule has 3 N–H and O–H groups in total. The van der Waals surface area contributed by atoms with Crippen LogP contribution in [-0.4, -0.2) is 44.3 Å². The zero-order valence-electron chi connectivity index (χ0n) is 13.9. The summed E-state index contributed by atoms with van der Waals surface area (Å²) in [7, 11) is 0. The quantitative estimate of drug-likeness (QED) is 0.617. The van der Waals surface area contributed by atoms with Gasteiger partial charge in [0.1, 0.15) is 6.04 Å². The van der Waals surface area contributed by atoms with Crippen molar-refractivity contribution in [1.29, 1.82) is 0 Å². The van der Waals surface area contributed by atoms with Crippen LogP contribution in [0.1, 0.15) is 25.3 Å². The van der Waals surface area contributed by atoms with Gasteiger partial charge in [0.15, 0.2) is 11.5 Å². The molecule has 2 aliphatic rings. The highest BCUT2D eigenvalue weighted by atomic mass is 16.7. The van der Waals surface area contributed by atoms with Crippen LogP contribution in [0.5, 0.6) is 11.5 Å². The van der Waals surface area contributed by atoms with Crippen LogP contribution in [0.3, 0.4) is 0 Å². The summed E-state index contributed by atoms with van der Waals surface area (Å²) in [6.07, 6.45) is 2.28. The molecule has 24 heavy (non-hydrogen) atoms. The normalized spacial score (nSPS) is 21.5. The van der Waals surface area contributed by atoms with Crippen LogP contribution < -0.4 is 25.0 Å². The minimum absolute atomic E-state index is 0.214. The lowest BCUT2D eigenvalue weighted by Gasteiger charge is -2.19. The van der Waals surface area contributed by atoms with Crippen molar-refractivity contribution in [2.24, 2.45) is 0 Å². The van der Waals surface area contributed by atoms with E-state index in [1.54, 1.807) is 6.07 Å². The van der Waals surface area contributed by atoms with Gasteiger partial charge in [-0.05, 0) is 24.6 Å². The fourth-order valence-electron chi connectivity index (χ4n) is 3.31. The number of likely N-dealkylation sites (tertiary alicyclic amines) is 1. The predicted octanol–water partition coefficient (Wildman–Crippen LogP) is -0.785. The second-order valence-electron chi connectivity index (χ2n) is 6.18. The first-order chi connectivity index (χ1) is 11.7. The Kier molecular flexibility index (Phi) is 5.20. The molecule has 1 saturated heterocycles. The first kappa shape index (κ1) is 16.6. The van der Waals surface area contributed by atoms with Gasteiger partial charge in [0.05, 0.1) is 19.6 Å². The molecule has 7 heteroatoms. The molecule has 2 heterocycles. The van der Waals surface area contributed by atoms with E-state index in [1.165, 1.54) is 11.3 Å². The van der Waals surface area contributed by atoms with E-state index in [9.17, 15) is 9.59 Å². The Morgan fingerprint density at radius 2 is 2.00 bits per heavy atom. The minimum Gasteiger partial charge on any atom is -0.454 e. The average molecular weight is 334 g/mol. The van der Waals surface area contributed by atoms with Crippen LogP contribution in [0, 0.1) is 0 Å². The Bertz CT molecular complexity index is 620. The third kappa shape index (κ3) is 3.79. The van der Waals surface area contributed by atoms with Gasteiger partial charge in [-0.1, -0.05) is 6.07 Å². The van der Waals surface area contributed by atoms with Gasteiger partial charge in [0.2, 0.25) is 6.79 Å². The summed E-state index contributed by atoms with van der Waals surface area (Å²) >= 11 is 0.